The van der Waals surface area contributed by atoms with E-state index < -0.39 is 11.6 Å². The Hall–Kier alpha value is -2.83. The molecule has 2 aromatic carbocycles. The van der Waals surface area contributed by atoms with Gasteiger partial charge >= 0.3 is 0 Å². The SMILES string of the molecule is CCCn1c(CN(CCC(C)C)C(=O)Cc2cc(F)cc(F)c2)nc2cc(F)ccc21. The zero-order valence-electron chi connectivity index (χ0n) is 18.2. The Balaban J connectivity index is 1.89. The Morgan fingerprint density at radius 2 is 1.77 bits per heavy atom. The first kappa shape index (κ1) is 22.8. The van der Waals surface area contributed by atoms with Crippen molar-refractivity contribution in [1.82, 2.24) is 14.5 Å². The summed E-state index contributed by atoms with van der Waals surface area (Å²) in [6.45, 7) is 7.62. The average molecular weight is 432 g/mol. The van der Waals surface area contributed by atoms with Crippen LogP contribution in [0.5, 0.6) is 0 Å². The topological polar surface area (TPSA) is 38.1 Å². The van der Waals surface area contributed by atoms with E-state index in [1.807, 2.05) is 11.5 Å². The van der Waals surface area contributed by atoms with E-state index in [1.165, 1.54) is 24.3 Å². The summed E-state index contributed by atoms with van der Waals surface area (Å²) < 4.78 is 42.8. The number of hydrogen-bond acceptors (Lipinski definition) is 2. The summed E-state index contributed by atoms with van der Waals surface area (Å²) >= 11 is 0. The smallest absolute Gasteiger partial charge is 0.227 e. The van der Waals surface area contributed by atoms with Crippen LogP contribution in [0, 0.1) is 23.4 Å². The molecule has 1 aromatic heterocycles. The zero-order valence-corrected chi connectivity index (χ0v) is 18.2. The van der Waals surface area contributed by atoms with Crippen LogP contribution in [0.3, 0.4) is 0 Å². The minimum Gasteiger partial charge on any atom is -0.335 e. The molecule has 0 bridgehead atoms. The zero-order chi connectivity index (χ0) is 22.5. The number of amides is 1. The van der Waals surface area contributed by atoms with Crippen LogP contribution in [-0.4, -0.2) is 26.9 Å². The number of nitrogens with zero attached hydrogens (tertiary/aromatic N) is 3. The van der Waals surface area contributed by atoms with Crippen molar-refractivity contribution >= 4 is 16.9 Å². The van der Waals surface area contributed by atoms with E-state index in [4.69, 9.17) is 0 Å². The number of fused-ring (bicyclic) bond motifs is 1. The fourth-order valence-corrected chi connectivity index (χ4v) is 3.62. The number of halogens is 3. The van der Waals surface area contributed by atoms with Gasteiger partial charge in [-0.25, -0.2) is 18.2 Å². The van der Waals surface area contributed by atoms with Gasteiger partial charge in [-0.15, -0.1) is 0 Å². The number of aryl methyl sites for hydroxylation is 1. The fourth-order valence-electron chi connectivity index (χ4n) is 3.62. The molecular formula is C24H28F3N3O. The van der Waals surface area contributed by atoms with Crippen LogP contribution in [-0.2, 0) is 24.3 Å². The van der Waals surface area contributed by atoms with Gasteiger partial charge in [0.15, 0.2) is 0 Å². The number of hydrogen-bond donors (Lipinski definition) is 0. The Morgan fingerprint density at radius 3 is 2.42 bits per heavy atom. The molecule has 0 saturated heterocycles. The van der Waals surface area contributed by atoms with Gasteiger partial charge in [0.05, 0.1) is 24.0 Å². The van der Waals surface area contributed by atoms with Crippen molar-refractivity contribution in [1.29, 1.82) is 0 Å². The highest BCUT2D eigenvalue weighted by atomic mass is 19.1. The standard InChI is InChI=1S/C24H28F3N3O/c1-4-8-30-22-6-5-18(25)14-21(22)28-23(30)15-29(9-7-16(2)3)24(31)12-17-10-19(26)13-20(27)11-17/h5-6,10-11,13-14,16H,4,7-9,12,15H2,1-3H3. The molecule has 0 radical (unpaired) electrons. The quantitative estimate of drug-likeness (QED) is 0.450. The summed E-state index contributed by atoms with van der Waals surface area (Å²) in [5.74, 6) is -0.949. The van der Waals surface area contributed by atoms with Crippen LogP contribution in [0.4, 0.5) is 13.2 Å². The molecule has 1 heterocycles. The molecule has 4 nitrogen and oxygen atoms in total. The first-order valence-corrected chi connectivity index (χ1v) is 10.6. The van der Waals surface area contributed by atoms with Crippen molar-refractivity contribution in [3.05, 3.63) is 65.2 Å². The third kappa shape index (κ3) is 5.87. The monoisotopic (exact) mass is 431 g/mol. The number of carbonyl (C=O) groups is 1. The second kappa shape index (κ2) is 9.98. The third-order valence-electron chi connectivity index (χ3n) is 5.18. The normalized spacial score (nSPS) is 11.5. The summed E-state index contributed by atoms with van der Waals surface area (Å²) in [4.78, 5) is 19.3. The van der Waals surface area contributed by atoms with Crippen LogP contribution >= 0.6 is 0 Å². The molecule has 7 heteroatoms. The number of carbonyl (C=O) groups excluding carboxylic acids is 1. The molecule has 0 aliphatic rings. The predicted molar refractivity (Wildman–Crippen MR) is 115 cm³/mol. The van der Waals surface area contributed by atoms with Crippen LogP contribution < -0.4 is 0 Å². The molecule has 0 atom stereocenters. The predicted octanol–water partition coefficient (Wildman–Crippen LogP) is 5.48. The van der Waals surface area contributed by atoms with Crippen LogP contribution in [0.25, 0.3) is 11.0 Å². The molecule has 0 aliphatic heterocycles. The Bertz CT molecular complexity index is 1040. The highest BCUT2D eigenvalue weighted by molar-refractivity contribution is 5.79. The lowest BCUT2D eigenvalue weighted by atomic mass is 10.1. The van der Waals surface area contributed by atoms with Gasteiger partial charge in [0.25, 0.3) is 0 Å². The minimum atomic E-state index is -0.705. The summed E-state index contributed by atoms with van der Waals surface area (Å²) in [6, 6.07) is 7.64. The first-order chi connectivity index (χ1) is 14.8. The van der Waals surface area contributed by atoms with Crippen molar-refractivity contribution in [2.75, 3.05) is 6.54 Å². The van der Waals surface area contributed by atoms with Crippen molar-refractivity contribution in [3.63, 3.8) is 0 Å². The summed E-state index contributed by atoms with van der Waals surface area (Å²) in [5, 5.41) is 0. The summed E-state index contributed by atoms with van der Waals surface area (Å²) in [6.07, 6.45) is 1.54. The maximum atomic E-state index is 13.7. The molecule has 0 spiro atoms. The van der Waals surface area contributed by atoms with Crippen molar-refractivity contribution < 1.29 is 18.0 Å². The second-order valence-electron chi connectivity index (χ2n) is 8.26. The number of aromatic nitrogens is 2. The lowest BCUT2D eigenvalue weighted by molar-refractivity contribution is -0.131. The molecule has 3 aromatic rings. The molecule has 166 valence electrons. The van der Waals surface area contributed by atoms with Gasteiger partial charge in [-0.2, -0.15) is 0 Å². The molecule has 0 unspecified atom stereocenters. The fraction of sp³-hybridized carbons (Fsp3) is 0.417. The number of benzene rings is 2. The second-order valence-corrected chi connectivity index (χ2v) is 8.26. The lowest BCUT2D eigenvalue weighted by Gasteiger charge is -2.24. The highest BCUT2D eigenvalue weighted by Crippen LogP contribution is 2.20. The number of imidazole rings is 1. The molecule has 0 fully saturated rings. The van der Waals surface area contributed by atoms with E-state index in [-0.39, 0.29) is 24.7 Å². The molecule has 0 aliphatic carbocycles. The summed E-state index contributed by atoms with van der Waals surface area (Å²) in [7, 11) is 0. The van der Waals surface area contributed by atoms with Crippen LogP contribution in [0.1, 0.15) is 45.0 Å². The van der Waals surface area contributed by atoms with E-state index in [9.17, 15) is 18.0 Å². The Labute approximate surface area is 180 Å². The van der Waals surface area contributed by atoms with Crippen molar-refractivity contribution in [3.8, 4) is 0 Å². The van der Waals surface area contributed by atoms with Crippen molar-refractivity contribution in [2.45, 2.75) is 53.1 Å². The largest absolute Gasteiger partial charge is 0.335 e. The van der Waals surface area contributed by atoms with E-state index in [0.717, 1.165) is 24.4 Å². The van der Waals surface area contributed by atoms with Crippen LogP contribution in [0.2, 0.25) is 0 Å². The van der Waals surface area contributed by atoms with E-state index in [0.29, 0.717) is 35.9 Å². The van der Waals surface area contributed by atoms with Gasteiger partial charge in [0.2, 0.25) is 5.91 Å². The van der Waals surface area contributed by atoms with Gasteiger partial charge < -0.3 is 9.47 Å². The maximum absolute atomic E-state index is 13.7. The van der Waals surface area contributed by atoms with Gasteiger partial charge in [0, 0.05) is 25.2 Å². The summed E-state index contributed by atoms with van der Waals surface area (Å²) in [5.41, 5.74) is 1.66. The Kier molecular flexibility index (Phi) is 7.36. The van der Waals surface area contributed by atoms with Crippen LogP contribution in [0.15, 0.2) is 36.4 Å². The maximum Gasteiger partial charge on any atom is 0.227 e. The highest BCUT2D eigenvalue weighted by Gasteiger charge is 2.20. The van der Waals surface area contributed by atoms with Crippen molar-refractivity contribution in [2.24, 2.45) is 5.92 Å². The van der Waals surface area contributed by atoms with E-state index >= 15 is 0 Å². The average Bonchev–Trinajstić information content (AvgIpc) is 3.00. The van der Waals surface area contributed by atoms with Gasteiger partial charge in [-0.1, -0.05) is 20.8 Å². The van der Waals surface area contributed by atoms with Gasteiger partial charge in [0.1, 0.15) is 23.3 Å². The molecule has 0 N–H and O–H groups in total. The Morgan fingerprint density at radius 1 is 1.06 bits per heavy atom. The van der Waals surface area contributed by atoms with Gasteiger partial charge in [-0.05, 0) is 48.6 Å². The number of rotatable bonds is 9. The first-order valence-electron chi connectivity index (χ1n) is 10.6. The molecule has 3 rings (SSSR count). The van der Waals surface area contributed by atoms with Gasteiger partial charge in [-0.3, -0.25) is 4.79 Å². The minimum absolute atomic E-state index is 0.102. The molecular weight excluding hydrogens is 403 g/mol. The third-order valence-corrected chi connectivity index (χ3v) is 5.18. The molecule has 0 saturated carbocycles. The van der Waals surface area contributed by atoms with E-state index in [1.54, 1.807) is 11.0 Å². The molecule has 1 amide bonds. The molecule has 31 heavy (non-hydrogen) atoms. The lowest BCUT2D eigenvalue weighted by Crippen LogP contribution is -2.34. The van der Waals surface area contributed by atoms with E-state index in [2.05, 4.69) is 18.8 Å².